The lowest BCUT2D eigenvalue weighted by Crippen LogP contribution is -1.98. The maximum absolute atomic E-state index is 11.7. The highest BCUT2D eigenvalue weighted by Gasteiger charge is 2.20. The van der Waals surface area contributed by atoms with E-state index in [-0.39, 0.29) is 28.0 Å². The first-order valence-corrected chi connectivity index (χ1v) is 5.62. The molecule has 2 aromatic rings. The van der Waals surface area contributed by atoms with Crippen LogP contribution in [-0.2, 0) is 0 Å². The largest absolute Gasteiger partial charge is 0.504 e. The second kappa shape index (κ2) is 4.61. The number of carboxylic acid groups (broad SMARTS) is 1. The first-order chi connectivity index (χ1) is 8.95. The van der Waals surface area contributed by atoms with E-state index >= 15 is 0 Å². The molecule has 19 heavy (non-hydrogen) atoms. The molecular weight excluding hydrogens is 248 g/mol. The van der Waals surface area contributed by atoms with E-state index in [1.54, 1.807) is 13.8 Å². The maximum atomic E-state index is 11.7. The zero-order valence-electron chi connectivity index (χ0n) is 10.4. The van der Waals surface area contributed by atoms with Crippen molar-refractivity contribution in [3.05, 3.63) is 41.2 Å². The minimum absolute atomic E-state index is 0.0635. The van der Waals surface area contributed by atoms with Crippen molar-refractivity contribution in [1.29, 1.82) is 0 Å². The van der Waals surface area contributed by atoms with Gasteiger partial charge in [-0.3, -0.25) is 4.79 Å². The summed E-state index contributed by atoms with van der Waals surface area (Å²) < 4.78 is 5.29. The number of furan rings is 1. The number of aromatic carboxylic acids is 1. The SMILES string of the molecule is C/C=C/C(=O)c1oc2cc(C)c(C(=O)O)cc2c1O. The topological polar surface area (TPSA) is 87.7 Å². The van der Waals surface area contributed by atoms with Crippen LogP contribution in [0.5, 0.6) is 5.75 Å². The zero-order valence-corrected chi connectivity index (χ0v) is 10.4. The molecule has 0 aliphatic rings. The molecule has 0 radical (unpaired) electrons. The maximum Gasteiger partial charge on any atom is 0.335 e. The number of allylic oxidation sites excluding steroid dienone is 2. The third kappa shape index (κ3) is 2.10. The second-order valence-corrected chi connectivity index (χ2v) is 4.11. The Morgan fingerprint density at radius 2 is 2.00 bits per heavy atom. The van der Waals surface area contributed by atoms with Gasteiger partial charge in [0.2, 0.25) is 11.5 Å². The molecule has 5 nitrogen and oxygen atoms in total. The smallest absolute Gasteiger partial charge is 0.335 e. The van der Waals surface area contributed by atoms with Crippen LogP contribution in [0.4, 0.5) is 0 Å². The average Bonchev–Trinajstić information content (AvgIpc) is 2.65. The number of hydrogen-bond donors (Lipinski definition) is 2. The number of rotatable bonds is 3. The number of carbonyl (C=O) groups is 2. The van der Waals surface area contributed by atoms with Crippen molar-refractivity contribution >= 4 is 22.7 Å². The first-order valence-electron chi connectivity index (χ1n) is 5.62. The number of carbonyl (C=O) groups excluding carboxylic acids is 1. The molecule has 0 aliphatic carbocycles. The molecular formula is C14H12O5. The molecule has 0 saturated heterocycles. The minimum Gasteiger partial charge on any atom is -0.504 e. The highest BCUT2D eigenvalue weighted by atomic mass is 16.4. The van der Waals surface area contributed by atoms with Gasteiger partial charge in [-0.05, 0) is 37.6 Å². The molecule has 0 atom stereocenters. The van der Waals surface area contributed by atoms with Crippen LogP contribution in [0.15, 0.2) is 28.7 Å². The molecule has 2 rings (SSSR count). The van der Waals surface area contributed by atoms with Crippen molar-refractivity contribution in [2.45, 2.75) is 13.8 Å². The van der Waals surface area contributed by atoms with Crippen molar-refractivity contribution in [2.75, 3.05) is 0 Å². The Morgan fingerprint density at radius 3 is 2.58 bits per heavy atom. The minimum atomic E-state index is -1.10. The van der Waals surface area contributed by atoms with Crippen molar-refractivity contribution in [1.82, 2.24) is 0 Å². The standard InChI is InChI=1S/C14H12O5/c1-3-4-10(15)13-12(16)9-6-8(14(17)18)7(2)5-11(9)19-13/h3-6,16H,1-2H3,(H,17,18)/b4-3+. The summed E-state index contributed by atoms with van der Waals surface area (Å²) in [6.07, 6.45) is 2.80. The van der Waals surface area contributed by atoms with Crippen LogP contribution in [0.25, 0.3) is 11.0 Å². The molecule has 1 heterocycles. The van der Waals surface area contributed by atoms with Gasteiger partial charge in [-0.15, -0.1) is 0 Å². The summed E-state index contributed by atoms with van der Waals surface area (Å²) in [5.41, 5.74) is 0.847. The van der Waals surface area contributed by atoms with Crippen molar-refractivity contribution < 1.29 is 24.2 Å². The Bertz CT molecular complexity index is 706. The van der Waals surface area contributed by atoms with Gasteiger partial charge in [0.25, 0.3) is 0 Å². The van der Waals surface area contributed by atoms with Gasteiger partial charge >= 0.3 is 5.97 Å². The van der Waals surface area contributed by atoms with Gasteiger partial charge in [-0.2, -0.15) is 0 Å². The van der Waals surface area contributed by atoms with Crippen molar-refractivity contribution in [2.24, 2.45) is 0 Å². The molecule has 0 unspecified atom stereocenters. The lowest BCUT2D eigenvalue weighted by atomic mass is 10.1. The van der Waals surface area contributed by atoms with E-state index in [2.05, 4.69) is 0 Å². The summed E-state index contributed by atoms with van der Waals surface area (Å²) in [5.74, 6) is -2.08. The van der Waals surface area contributed by atoms with Crippen LogP contribution in [0.1, 0.15) is 33.4 Å². The molecule has 0 fully saturated rings. The highest BCUT2D eigenvalue weighted by molar-refractivity contribution is 6.09. The molecule has 0 aliphatic heterocycles. The average molecular weight is 260 g/mol. The lowest BCUT2D eigenvalue weighted by molar-refractivity contribution is 0.0696. The third-order valence-electron chi connectivity index (χ3n) is 2.78. The lowest BCUT2D eigenvalue weighted by Gasteiger charge is -1.99. The van der Waals surface area contributed by atoms with E-state index in [9.17, 15) is 14.7 Å². The fourth-order valence-corrected chi connectivity index (χ4v) is 1.86. The van der Waals surface area contributed by atoms with Gasteiger partial charge < -0.3 is 14.6 Å². The van der Waals surface area contributed by atoms with Crippen LogP contribution in [0.2, 0.25) is 0 Å². The molecule has 1 aromatic heterocycles. The van der Waals surface area contributed by atoms with Gasteiger partial charge in [0.1, 0.15) is 5.58 Å². The van der Waals surface area contributed by atoms with Crippen molar-refractivity contribution in [3.63, 3.8) is 0 Å². The fourth-order valence-electron chi connectivity index (χ4n) is 1.86. The first kappa shape index (κ1) is 12.9. The van der Waals surface area contributed by atoms with Gasteiger partial charge in [0, 0.05) is 0 Å². The Hall–Kier alpha value is -2.56. The molecule has 2 N–H and O–H groups in total. The molecule has 0 saturated carbocycles. The summed E-state index contributed by atoms with van der Waals surface area (Å²) in [5, 5.41) is 19.2. The molecule has 1 aromatic carbocycles. The Morgan fingerprint density at radius 1 is 1.32 bits per heavy atom. The van der Waals surface area contributed by atoms with Gasteiger partial charge in [-0.25, -0.2) is 4.79 Å². The predicted octanol–water partition coefficient (Wildman–Crippen LogP) is 2.90. The Kier molecular flexibility index (Phi) is 3.12. The normalized spacial score (nSPS) is 11.3. The van der Waals surface area contributed by atoms with Crippen molar-refractivity contribution in [3.8, 4) is 5.75 Å². The molecule has 0 amide bonds. The number of carboxylic acids is 1. The van der Waals surface area contributed by atoms with E-state index in [4.69, 9.17) is 9.52 Å². The molecule has 5 heteroatoms. The fraction of sp³-hybridized carbons (Fsp3) is 0.143. The number of fused-ring (bicyclic) bond motifs is 1. The highest BCUT2D eigenvalue weighted by Crippen LogP contribution is 2.34. The van der Waals surface area contributed by atoms with E-state index in [1.165, 1.54) is 24.3 Å². The number of aromatic hydroxyl groups is 1. The molecule has 0 spiro atoms. The predicted molar refractivity (Wildman–Crippen MR) is 68.7 cm³/mol. The third-order valence-corrected chi connectivity index (χ3v) is 2.78. The summed E-state index contributed by atoms with van der Waals surface area (Å²) in [6, 6.07) is 2.79. The summed E-state index contributed by atoms with van der Waals surface area (Å²) >= 11 is 0. The zero-order chi connectivity index (χ0) is 14.2. The Balaban J connectivity index is 2.71. The summed E-state index contributed by atoms with van der Waals surface area (Å²) in [4.78, 5) is 22.7. The van der Waals surface area contributed by atoms with Crippen LogP contribution >= 0.6 is 0 Å². The van der Waals surface area contributed by atoms with Crippen LogP contribution in [0.3, 0.4) is 0 Å². The van der Waals surface area contributed by atoms with E-state index in [1.807, 2.05) is 0 Å². The summed E-state index contributed by atoms with van der Waals surface area (Å²) in [6.45, 7) is 3.29. The van der Waals surface area contributed by atoms with E-state index < -0.39 is 11.8 Å². The van der Waals surface area contributed by atoms with Crippen LogP contribution in [-0.4, -0.2) is 22.0 Å². The summed E-state index contributed by atoms with van der Waals surface area (Å²) in [7, 11) is 0. The second-order valence-electron chi connectivity index (χ2n) is 4.11. The van der Waals surface area contributed by atoms with Gasteiger partial charge in [0.15, 0.2) is 5.75 Å². The monoisotopic (exact) mass is 260 g/mol. The van der Waals surface area contributed by atoms with Gasteiger partial charge in [0.05, 0.1) is 10.9 Å². The van der Waals surface area contributed by atoms with E-state index in [0.29, 0.717) is 5.56 Å². The van der Waals surface area contributed by atoms with Gasteiger partial charge in [-0.1, -0.05) is 6.08 Å². The quantitative estimate of drug-likeness (QED) is 0.654. The number of ketones is 1. The Labute approximate surface area is 108 Å². The molecule has 0 bridgehead atoms. The van der Waals surface area contributed by atoms with Crippen LogP contribution < -0.4 is 0 Å². The van der Waals surface area contributed by atoms with E-state index in [0.717, 1.165) is 0 Å². The number of hydrogen-bond acceptors (Lipinski definition) is 4. The van der Waals surface area contributed by atoms with Crippen LogP contribution in [0, 0.1) is 6.92 Å². The molecule has 98 valence electrons. The number of benzene rings is 1. The number of aryl methyl sites for hydroxylation is 1.